The molecule has 0 bridgehead atoms. The third-order valence-corrected chi connectivity index (χ3v) is 5.11. The number of aromatic nitrogens is 2. The van der Waals surface area contributed by atoms with Crippen LogP contribution in [0.2, 0.25) is 0 Å². The fourth-order valence-electron chi connectivity index (χ4n) is 3.92. The molecule has 0 saturated carbocycles. The first-order valence-corrected chi connectivity index (χ1v) is 9.75. The summed E-state index contributed by atoms with van der Waals surface area (Å²) in [4.78, 5) is 6.17. The second-order valence-electron chi connectivity index (χ2n) is 8.90. The number of nitrogens with one attached hydrogen (secondary N) is 1. The average Bonchev–Trinajstić information content (AvgIpc) is 3.02. The molecule has 0 fully saturated rings. The van der Waals surface area contributed by atoms with Crippen LogP contribution in [0.1, 0.15) is 52.3 Å². The van der Waals surface area contributed by atoms with E-state index in [9.17, 15) is 0 Å². The Morgan fingerprint density at radius 1 is 1.12 bits per heavy atom. The van der Waals surface area contributed by atoms with E-state index in [2.05, 4.69) is 87.8 Å². The quantitative estimate of drug-likeness (QED) is 0.594. The first-order valence-electron chi connectivity index (χ1n) is 8.88. The Labute approximate surface area is 155 Å². The molecule has 0 aliphatic heterocycles. The van der Waals surface area contributed by atoms with Gasteiger partial charge in [-0.2, -0.15) is 0 Å². The summed E-state index contributed by atoms with van der Waals surface area (Å²) >= 11 is 1.74. The van der Waals surface area contributed by atoms with Gasteiger partial charge in [0.05, 0.1) is 4.88 Å². The van der Waals surface area contributed by atoms with Crippen LogP contribution in [-0.2, 0) is 0 Å². The van der Waals surface area contributed by atoms with Gasteiger partial charge in [-0.25, -0.2) is 4.98 Å². The Morgan fingerprint density at radius 3 is 2.44 bits per heavy atom. The minimum absolute atomic E-state index is 0.0302. The molecule has 3 nitrogen and oxygen atoms in total. The molecule has 0 radical (unpaired) electrons. The third kappa shape index (κ3) is 3.90. The van der Waals surface area contributed by atoms with Crippen molar-refractivity contribution in [1.82, 2.24) is 9.38 Å². The van der Waals surface area contributed by atoms with Gasteiger partial charge in [0.1, 0.15) is 17.2 Å². The van der Waals surface area contributed by atoms with Gasteiger partial charge in [-0.1, -0.05) is 26.8 Å². The van der Waals surface area contributed by atoms with Crippen LogP contribution < -0.4 is 5.32 Å². The molecule has 0 aliphatic carbocycles. The number of pyridine rings is 1. The highest BCUT2D eigenvalue weighted by atomic mass is 32.1. The maximum atomic E-state index is 4.97. The number of nitrogens with zero attached hydrogens (tertiary/aromatic N) is 2. The number of hydrogen-bond donors (Lipinski definition) is 1. The van der Waals surface area contributed by atoms with Gasteiger partial charge in [-0.05, 0) is 68.7 Å². The molecule has 4 heteroatoms. The van der Waals surface area contributed by atoms with Crippen molar-refractivity contribution in [3.63, 3.8) is 0 Å². The van der Waals surface area contributed by atoms with E-state index in [1.54, 1.807) is 11.3 Å². The average molecular weight is 356 g/mol. The summed E-state index contributed by atoms with van der Waals surface area (Å²) in [5.74, 6) is 1.10. The molecular weight excluding hydrogens is 326 g/mol. The molecular formula is C21H29N3S. The van der Waals surface area contributed by atoms with Gasteiger partial charge in [-0.15, -0.1) is 11.3 Å². The first-order chi connectivity index (χ1) is 11.6. The maximum absolute atomic E-state index is 4.97. The van der Waals surface area contributed by atoms with E-state index in [0.717, 1.165) is 23.6 Å². The maximum Gasteiger partial charge on any atom is 0.140 e. The van der Waals surface area contributed by atoms with Crippen LogP contribution in [0.5, 0.6) is 0 Å². The fourth-order valence-corrected chi connectivity index (χ4v) is 4.64. The van der Waals surface area contributed by atoms with E-state index >= 15 is 0 Å². The van der Waals surface area contributed by atoms with Gasteiger partial charge in [0.15, 0.2) is 0 Å². The summed E-state index contributed by atoms with van der Waals surface area (Å²) in [6, 6.07) is 8.61. The van der Waals surface area contributed by atoms with Crippen molar-refractivity contribution in [3.05, 3.63) is 40.9 Å². The van der Waals surface area contributed by atoms with Crippen molar-refractivity contribution in [3.8, 4) is 10.6 Å². The Balaban J connectivity index is 2.16. The van der Waals surface area contributed by atoms with E-state index in [-0.39, 0.29) is 11.0 Å². The number of hydrogen-bond acceptors (Lipinski definition) is 3. The Kier molecular flexibility index (Phi) is 4.44. The molecule has 0 spiro atoms. The SMILES string of the molecule is Cc1cc(C)n2c(NC(C)(C)CC(C)(C)C)c(-c3cccs3)nc2c1. The lowest BCUT2D eigenvalue weighted by Gasteiger charge is -2.34. The number of fused-ring (bicyclic) bond motifs is 1. The number of aryl methyl sites for hydroxylation is 2. The van der Waals surface area contributed by atoms with Crippen molar-refractivity contribution < 1.29 is 0 Å². The van der Waals surface area contributed by atoms with E-state index in [1.165, 1.54) is 16.1 Å². The predicted octanol–water partition coefficient (Wildman–Crippen LogP) is 6.31. The topological polar surface area (TPSA) is 29.3 Å². The highest BCUT2D eigenvalue weighted by Gasteiger charge is 2.28. The summed E-state index contributed by atoms with van der Waals surface area (Å²) < 4.78 is 2.26. The van der Waals surface area contributed by atoms with Crippen molar-refractivity contribution >= 4 is 22.8 Å². The molecule has 3 aromatic heterocycles. The molecule has 3 aromatic rings. The minimum atomic E-state index is -0.0302. The van der Waals surface area contributed by atoms with Crippen LogP contribution in [-0.4, -0.2) is 14.9 Å². The molecule has 0 amide bonds. The molecule has 3 rings (SSSR count). The van der Waals surface area contributed by atoms with Crippen LogP contribution in [0.25, 0.3) is 16.2 Å². The molecule has 0 unspecified atom stereocenters. The summed E-state index contributed by atoms with van der Waals surface area (Å²) in [7, 11) is 0. The Bertz CT molecular complexity index is 880. The predicted molar refractivity (Wildman–Crippen MR) is 110 cm³/mol. The summed E-state index contributed by atoms with van der Waals surface area (Å²) in [6.45, 7) is 15.7. The van der Waals surface area contributed by atoms with Gasteiger partial charge < -0.3 is 5.32 Å². The summed E-state index contributed by atoms with van der Waals surface area (Å²) in [6.07, 6.45) is 1.07. The second-order valence-corrected chi connectivity index (χ2v) is 9.85. The first kappa shape index (κ1) is 18.0. The molecule has 134 valence electrons. The van der Waals surface area contributed by atoms with Gasteiger partial charge >= 0.3 is 0 Å². The zero-order valence-electron chi connectivity index (χ0n) is 16.4. The van der Waals surface area contributed by atoms with Crippen LogP contribution in [0.3, 0.4) is 0 Å². The lowest BCUT2D eigenvalue weighted by atomic mass is 9.82. The van der Waals surface area contributed by atoms with Crippen LogP contribution >= 0.6 is 11.3 Å². The van der Waals surface area contributed by atoms with E-state index in [0.29, 0.717) is 0 Å². The van der Waals surface area contributed by atoms with Gasteiger partial charge in [0, 0.05) is 11.2 Å². The second kappa shape index (κ2) is 6.17. The van der Waals surface area contributed by atoms with E-state index in [4.69, 9.17) is 4.98 Å². The molecule has 1 N–H and O–H groups in total. The highest BCUT2D eigenvalue weighted by molar-refractivity contribution is 7.13. The molecule has 0 aromatic carbocycles. The van der Waals surface area contributed by atoms with Crippen molar-refractivity contribution in [2.75, 3.05) is 5.32 Å². The van der Waals surface area contributed by atoms with E-state index < -0.39 is 0 Å². The molecule has 25 heavy (non-hydrogen) atoms. The largest absolute Gasteiger partial charge is 0.364 e. The molecule has 0 atom stereocenters. The van der Waals surface area contributed by atoms with Crippen molar-refractivity contribution in [2.45, 2.75) is 60.4 Å². The third-order valence-electron chi connectivity index (χ3n) is 4.23. The Hall–Kier alpha value is -1.81. The smallest absolute Gasteiger partial charge is 0.140 e. The minimum Gasteiger partial charge on any atom is -0.364 e. The van der Waals surface area contributed by atoms with Crippen molar-refractivity contribution in [2.24, 2.45) is 5.41 Å². The van der Waals surface area contributed by atoms with Crippen LogP contribution in [0, 0.1) is 19.3 Å². The zero-order valence-corrected chi connectivity index (χ0v) is 17.2. The summed E-state index contributed by atoms with van der Waals surface area (Å²) in [5, 5.41) is 5.93. The standard InChI is InChI=1S/C21H29N3S/c1-14-11-15(2)24-17(12-14)22-18(16-9-8-10-25-16)19(24)23-21(6,7)13-20(3,4)5/h8-12,23H,13H2,1-7H3. The van der Waals surface area contributed by atoms with Gasteiger partial charge in [0.25, 0.3) is 0 Å². The molecule has 3 heterocycles. The lowest BCUT2D eigenvalue weighted by molar-refractivity contribution is 0.302. The molecule has 0 aliphatic rings. The lowest BCUT2D eigenvalue weighted by Crippen LogP contribution is -2.36. The number of thiophene rings is 1. The summed E-state index contributed by atoms with van der Waals surface area (Å²) in [5.41, 5.74) is 4.73. The monoisotopic (exact) mass is 355 g/mol. The number of rotatable bonds is 4. The van der Waals surface area contributed by atoms with Gasteiger partial charge in [0.2, 0.25) is 0 Å². The Morgan fingerprint density at radius 2 is 1.84 bits per heavy atom. The normalized spacial score (nSPS) is 12.8. The van der Waals surface area contributed by atoms with Crippen LogP contribution in [0.15, 0.2) is 29.6 Å². The van der Waals surface area contributed by atoms with Gasteiger partial charge in [-0.3, -0.25) is 4.40 Å². The zero-order chi connectivity index (χ0) is 18.4. The van der Waals surface area contributed by atoms with Crippen LogP contribution in [0.4, 0.5) is 5.82 Å². The van der Waals surface area contributed by atoms with E-state index in [1.807, 2.05) is 0 Å². The fraction of sp³-hybridized carbons (Fsp3) is 0.476. The number of imidazole rings is 1. The number of anilines is 1. The molecule has 0 saturated heterocycles. The van der Waals surface area contributed by atoms with Crippen molar-refractivity contribution in [1.29, 1.82) is 0 Å². The highest BCUT2D eigenvalue weighted by Crippen LogP contribution is 2.37.